The van der Waals surface area contributed by atoms with Crippen molar-refractivity contribution in [1.82, 2.24) is 4.31 Å². The summed E-state index contributed by atoms with van der Waals surface area (Å²) in [6.07, 6.45) is 2.18. The number of aliphatic hydroxyl groups is 1. The van der Waals surface area contributed by atoms with Crippen molar-refractivity contribution in [2.24, 2.45) is 0 Å². The molecule has 20 heavy (non-hydrogen) atoms. The van der Waals surface area contributed by atoms with Crippen LogP contribution in [0.5, 0.6) is 0 Å². The molecule has 0 spiro atoms. The second-order valence-electron chi connectivity index (χ2n) is 4.19. The molecule has 1 N–H and O–H groups in total. The predicted molar refractivity (Wildman–Crippen MR) is 81.6 cm³/mol. The lowest BCUT2D eigenvalue weighted by Gasteiger charge is -2.21. The Balaban J connectivity index is 3.40. The van der Waals surface area contributed by atoms with E-state index in [0.717, 1.165) is 0 Å². The van der Waals surface area contributed by atoms with Crippen LogP contribution in [0.25, 0.3) is 0 Å². The van der Waals surface area contributed by atoms with Gasteiger partial charge in [-0.1, -0.05) is 36.2 Å². The van der Waals surface area contributed by atoms with E-state index in [2.05, 4.69) is 6.58 Å². The number of aliphatic hydroxyl groups excluding tert-OH is 1. The molecule has 112 valence electrons. The van der Waals surface area contributed by atoms with Crippen molar-refractivity contribution in [2.75, 3.05) is 13.1 Å². The molecule has 0 saturated carbocycles. The van der Waals surface area contributed by atoms with Crippen LogP contribution in [0, 0.1) is 0 Å². The monoisotopic (exact) mass is 337 g/mol. The Morgan fingerprint density at radius 1 is 1.40 bits per heavy atom. The molecule has 1 aromatic rings. The summed E-state index contributed by atoms with van der Waals surface area (Å²) in [6, 6.07) is 2.74. The molecule has 7 heteroatoms. The van der Waals surface area contributed by atoms with Crippen molar-refractivity contribution in [3.63, 3.8) is 0 Å². The molecule has 0 fully saturated rings. The van der Waals surface area contributed by atoms with Crippen molar-refractivity contribution in [3.05, 3.63) is 40.4 Å². The minimum absolute atomic E-state index is 0.00191. The van der Waals surface area contributed by atoms with Gasteiger partial charge in [-0.15, -0.1) is 6.58 Å². The van der Waals surface area contributed by atoms with Gasteiger partial charge >= 0.3 is 0 Å². The average Bonchev–Trinajstić information content (AvgIpc) is 2.40. The van der Waals surface area contributed by atoms with Crippen LogP contribution in [-0.2, 0) is 16.6 Å². The fraction of sp³-hybridized carbons (Fsp3) is 0.385. The van der Waals surface area contributed by atoms with E-state index in [0.29, 0.717) is 13.0 Å². The van der Waals surface area contributed by atoms with E-state index in [1.165, 1.54) is 22.5 Å². The Hall–Kier alpha value is -0.590. The molecule has 4 nitrogen and oxygen atoms in total. The van der Waals surface area contributed by atoms with Gasteiger partial charge in [-0.25, -0.2) is 8.42 Å². The Morgan fingerprint density at radius 2 is 2.05 bits per heavy atom. The predicted octanol–water partition coefficient (Wildman–Crippen LogP) is 3.07. The van der Waals surface area contributed by atoms with Gasteiger partial charge < -0.3 is 5.11 Å². The fourth-order valence-electron chi connectivity index (χ4n) is 1.76. The van der Waals surface area contributed by atoms with Crippen LogP contribution in [-0.4, -0.2) is 30.9 Å². The number of rotatable bonds is 7. The highest BCUT2D eigenvalue weighted by atomic mass is 35.5. The van der Waals surface area contributed by atoms with Gasteiger partial charge in [0, 0.05) is 18.1 Å². The van der Waals surface area contributed by atoms with Gasteiger partial charge in [0.2, 0.25) is 10.0 Å². The maximum absolute atomic E-state index is 12.6. The maximum atomic E-state index is 12.6. The van der Waals surface area contributed by atoms with Gasteiger partial charge in [-0.05, 0) is 24.1 Å². The van der Waals surface area contributed by atoms with E-state index in [1.807, 2.05) is 6.92 Å². The second-order valence-corrected chi connectivity index (χ2v) is 6.91. The fourth-order valence-corrected chi connectivity index (χ4v) is 4.17. The summed E-state index contributed by atoms with van der Waals surface area (Å²) in [5.74, 6) is 0. The topological polar surface area (TPSA) is 57.6 Å². The molecule has 0 amide bonds. The first-order chi connectivity index (χ1) is 9.38. The summed E-state index contributed by atoms with van der Waals surface area (Å²) < 4.78 is 26.5. The smallest absolute Gasteiger partial charge is 0.244 e. The van der Waals surface area contributed by atoms with Gasteiger partial charge in [0.05, 0.1) is 11.6 Å². The number of benzene rings is 1. The highest BCUT2D eigenvalue weighted by molar-refractivity contribution is 7.89. The van der Waals surface area contributed by atoms with E-state index in [-0.39, 0.29) is 33.7 Å². The average molecular weight is 338 g/mol. The van der Waals surface area contributed by atoms with Crippen LogP contribution in [0.1, 0.15) is 18.9 Å². The zero-order chi connectivity index (χ0) is 15.3. The summed E-state index contributed by atoms with van der Waals surface area (Å²) in [5, 5.41) is 9.43. The number of hydrogen-bond acceptors (Lipinski definition) is 3. The third kappa shape index (κ3) is 3.74. The summed E-state index contributed by atoms with van der Waals surface area (Å²) >= 11 is 12.0. The SMILES string of the molecule is C=CCN(CCC)S(=O)(=O)c1cc(Cl)cc(CO)c1Cl. The number of sulfonamides is 1. The molecular formula is C13H17Cl2NO3S. The molecule has 0 aliphatic carbocycles. The minimum atomic E-state index is -3.78. The second kappa shape index (κ2) is 7.43. The van der Waals surface area contributed by atoms with Crippen LogP contribution < -0.4 is 0 Å². The first-order valence-corrected chi connectivity index (χ1v) is 8.27. The lowest BCUT2D eigenvalue weighted by molar-refractivity contribution is 0.281. The van der Waals surface area contributed by atoms with Crippen molar-refractivity contribution < 1.29 is 13.5 Å². The van der Waals surface area contributed by atoms with Gasteiger partial charge in [-0.3, -0.25) is 0 Å². The van der Waals surface area contributed by atoms with E-state index >= 15 is 0 Å². The van der Waals surface area contributed by atoms with Gasteiger partial charge in [0.1, 0.15) is 4.90 Å². The van der Waals surface area contributed by atoms with Crippen LogP contribution >= 0.6 is 23.2 Å². The van der Waals surface area contributed by atoms with Crippen molar-refractivity contribution >= 4 is 33.2 Å². The van der Waals surface area contributed by atoms with E-state index < -0.39 is 10.0 Å². The zero-order valence-corrected chi connectivity index (χ0v) is 13.5. The van der Waals surface area contributed by atoms with Crippen LogP contribution in [0.15, 0.2) is 29.7 Å². The molecule has 0 unspecified atom stereocenters. The number of nitrogens with zero attached hydrogens (tertiary/aromatic N) is 1. The normalized spacial score (nSPS) is 11.8. The molecule has 1 aromatic carbocycles. The van der Waals surface area contributed by atoms with Crippen molar-refractivity contribution in [3.8, 4) is 0 Å². The van der Waals surface area contributed by atoms with Crippen LogP contribution in [0.4, 0.5) is 0 Å². The molecule has 0 heterocycles. The highest BCUT2D eigenvalue weighted by Crippen LogP contribution is 2.31. The van der Waals surface area contributed by atoms with Gasteiger partial charge in [-0.2, -0.15) is 4.31 Å². The Bertz CT molecular complexity index is 588. The lowest BCUT2D eigenvalue weighted by Crippen LogP contribution is -2.32. The zero-order valence-electron chi connectivity index (χ0n) is 11.1. The molecule has 0 saturated heterocycles. The largest absolute Gasteiger partial charge is 0.392 e. The first kappa shape index (κ1) is 17.5. The van der Waals surface area contributed by atoms with Crippen molar-refractivity contribution in [2.45, 2.75) is 24.8 Å². The Labute approximate surface area is 129 Å². The third-order valence-electron chi connectivity index (χ3n) is 2.67. The van der Waals surface area contributed by atoms with E-state index in [1.54, 1.807) is 0 Å². The maximum Gasteiger partial charge on any atom is 0.244 e. The lowest BCUT2D eigenvalue weighted by atomic mass is 10.2. The Morgan fingerprint density at radius 3 is 2.55 bits per heavy atom. The number of halogens is 2. The van der Waals surface area contributed by atoms with Gasteiger partial charge in [0.25, 0.3) is 0 Å². The molecule has 0 bridgehead atoms. The van der Waals surface area contributed by atoms with E-state index in [4.69, 9.17) is 23.2 Å². The summed E-state index contributed by atoms with van der Waals surface area (Å²) in [5.41, 5.74) is 0.285. The standard InChI is InChI=1S/C13H17Cl2NO3S/c1-3-5-16(6-4-2)20(18,19)12-8-11(14)7-10(9-17)13(12)15/h3,7-8,17H,1,4-6,9H2,2H3. The summed E-state index contributed by atoms with van der Waals surface area (Å²) in [7, 11) is -3.78. The van der Waals surface area contributed by atoms with Crippen molar-refractivity contribution in [1.29, 1.82) is 0 Å². The van der Waals surface area contributed by atoms with Crippen LogP contribution in [0.3, 0.4) is 0 Å². The summed E-state index contributed by atoms with van der Waals surface area (Å²) in [4.78, 5) is -0.0917. The van der Waals surface area contributed by atoms with Crippen LogP contribution in [0.2, 0.25) is 10.0 Å². The quantitative estimate of drug-likeness (QED) is 0.778. The summed E-state index contributed by atoms with van der Waals surface area (Å²) in [6.45, 7) is 5.60. The molecule has 0 aliphatic rings. The minimum Gasteiger partial charge on any atom is -0.392 e. The van der Waals surface area contributed by atoms with E-state index in [9.17, 15) is 13.5 Å². The molecule has 0 atom stereocenters. The molecule has 0 aliphatic heterocycles. The third-order valence-corrected chi connectivity index (χ3v) is 5.34. The molecule has 0 aromatic heterocycles. The highest BCUT2D eigenvalue weighted by Gasteiger charge is 2.27. The van der Waals surface area contributed by atoms with Gasteiger partial charge in [0.15, 0.2) is 0 Å². The molecule has 0 radical (unpaired) electrons. The molecule has 1 rings (SSSR count). The number of hydrogen-bond donors (Lipinski definition) is 1. The Kier molecular flexibility index (Phi) is 6.48. The first-order valence-electron chi connectivity index (χ1n) is 6.08. The molecular weight excluding hydrogens is 321 g/mol.